The fourth-order valence-corrected chi connectivity index (χ4v) is 4.15. The number of hydrogen-bond donors (Lipinski definition) is 1. The molecule has 31 heavy (non-hydrogen) atoms. The molecule has 1 N–H and O–H groups in total. The summed E-state index contributed by atoms with van der Waals surface area (Å²) < 4.78 is 74.9. The molecule has 3 heterocycles. The van der Waals surface area contributed by atoms with Gasteiger partial charge in [0.05, 0.1) is 41.7 Å². The maximum Gasteiger partial charge on any atom is 0.419 e. The van der Waals surface area contributed by atoms with Crippen LogP contribution in [0.4, 0.5) is 27.6 Å². The Balaban J connectivity index is 1.65. The van der Waals surface area contributed by atoms with Crippen LogP contribution in [0.3, 0.4) is 0 Å². The minimum absolute atomic E-state index is 0.0640. The summed E-state index contributed by atoms with van der Waals surface area (Å²) in [6.07, 6.45) is -1.58. The van der Waals surface area contributed by atoms with E-state index in [9.17, 15) is 27.1 Å². The molecule has 2 aromatic heterocycles. The minimum atomic E-state index is -5.12. The van der Waals surface area contributed by atoms with Crippen LogP contribution in [0.25, 0.3) is 22.3 Å². The summed E-state index contributed by atoms with van der Waals surface area (Å²) in [6.45, 7) is 1.85. The van der Waals surface area contributed by atoms with Gasteiger partial charge in [-0.15, -0.1) is 0 Å². The molecule has 1 aliphatic heterocycles. The number of halogens is 5. The molecule has 164 valence electrons. The lowest BCUT2D eigenvalue weighted by atomic mass is 10.0. The largest absolute Gasteiger partial charge is 0.503 e. The number of alkyl halides is 3. The number of phenolic OH excluding ortho intramolecular Hbond substituents is 1. The van der Waals surface area contributed by atoms with E-state index in [2.05, 4.69) is 15.0 Å². The Morgan fingerprint density at radius 1 is 1.16 bits per heavy atom. The number of aromatic nitrogens is 3. The molecule has 1 saturated carbocycles. The number of phenols is 1. The molecule has 6 nitrogen and oxygen atoms in total. The van der Waals surface area contributed by atoms with Crippen LogP contribution < -0.4 is 4.90 Å². The number of morpholine rings is 1. The maximum absolute atomic E-state index is 14.6. The molecule has 0 radical (unpaired) electrons. The van der Waals surface area contributed by atoms with Crippen molar-refractivity contribution >= 4 is 16.7 Å². The van der Waals surface area contributed by atoms with E-state index in [0.29, 0.717) is 31.3 Å². The van der Waals surface area contributed by atoms with Gasteiger partial charge in [0.15, 0.2) is 17.4 Å². The molecule has 2 aliphatic rings. The molecular weight excluding hydrogens is 423 g/mol. The Kier molecular flexibility index (Phi) is 4.20. The summed E-state index contributed by atoms with van der Waals surface area (Å²) in [4.78, 5) is 6.54. The summed E-state index contributed by atoms with van der Waals surface area (Å²) in [7, 11) is 1.55. The highest BCUT2D eigenvalue weighted by Crippen LogP contribution is 2.46. The van der Waals surface area contributed by atoms with Crippen molar-refractivity contribution in [3.05, 3.63) is 35.5 Å². The summed E-state index contributed by atoms with van der Waals surface area (Å²) in [5.74, 6) is -5.29. The first-order valence-corrected chi connectivity index (χ1v) is 9.59. The fourth-order valence-electron chi connectivity index (χ4n) is 4.15. The lowest BCUT2D eigenvalue weighted by molar-refractivity contribution is -0.140. The molecule has 1 spiro atoms. The summed E-state index contributed by atoms with van der Waals surface area (Å²) in [5, 5.41) is 13.7. The molecule has 0 bridgehead atoms. The lowest BCUT2D eigenvalue weighted by Crippen LogP contribution is -2.47. The summed E-state index contributed by atoms with van der Waals surface area (Å²) in [5.41, 5.74) is -1.32. The molecule has 5 rings (SSSR count). The van der Waals surface area contributed by atoms with Crippen molar-refractivity contribution in [1.29, 1.82) is 0 Å². The van der Waals surface area contributed by atoms with Gasteiger partial charge >= 0.3 is 6.18 Å². The molecule has 0 unspecified atom stereocenters. The van der Waals surface area contributed by atoms with Crippen LogP contribution in [0.5, 0.6) is 5.75 Å². The van der Waals surface area contributed by atoms with E-state index < -0.39 is 34.7 Å². The van der Waals surface area contributed by atoms with Crippen molar-refractivity contribution in [1.82, 2.24) is 14.8 Å². The lowest BCUT2D eigenvalue weighted by Gasteiger charge is -2.37. The topological polar surface area (TPSA) is 63.4 Å². The van der Waals surface area contributed by atoms with Crippen LogP contribution in [0.15, 0.2) is 18.3 Å². The number of aromatic hydroxyl groups is 1. The van der Waals surface area contributed by atoms with Crippen LogP contribution in [-0.2, 0) is 18.0 Å². The first-order chi connectivity index (χ1) is 14.6. The van der Waals surface area contributed by atoms with Gasteiger partial charge in [-0.05, 0) is 25.0 Å². The van der Waals surface area contributed by atoms with E-state index in [0.717, 1.165) is 18.5 Å². The van der Waals surface area contributed by atoms with Crippen molar-refractivity contribution in [2.24, 2.45) is 7.05 Å². The highest BCUT2D eigenvalue weighted by Gasteiger charge is 2.50. The fraction of sp³-hybridized carbons (Fsp3) is 0.400. The van der Waals surface area contributed by atoms with Crippen molar-refractivity contribution < 1.29 is 31.8 Å². The van der Waals surface area contributed by atoms with Crippen molar-refractivity contribution in [2.75, 3.05) is 24.7 Å². The normalized spacial score (nSPS) is 18.2. The zero-order valence-electron chi connectivity index (χ0n) is 16.3. The second-order valence-electron chi connectivity index (χ2n) is 7.91. The predicted octanol–water partition coefficient (Wildman–Crippen LogP) is 4.01. The first-order valence-electron chi connectivity index (χ1n) is 9.59. The summed E-state index contributed by atoms with van der Waals surface area (Å²) >= 11 is 0. The summed E-state index contributed by atoms with van der Waals surface area (Å²) in [6, 6.07) is 2.10. The Labute approximate surface area is 172 Å². The monoisotopic (exact) mass is 440 g/mol. The quantitative estimate of drug-likeness (QED) is 0.611. The average Bonchev–Trinajstić information content (AvgIpc) is 3.41. The highest BCUT2D eigenvalue weighted by molar-refractivity contribution is 5.92. The van der Waals surface area contributed by atoms with Gasteiger partial charge in [0.1, 0.15) is 11.2 Å². The molecule has 0 amide bonds. The van der Waals surface area contributed by atoms with Crippen LogP contribution in [0, 0.1) is 11.6 Å². The first kappa shape index (κ1) is 20.0. The number of nitrogens with zero attached hydrogens (tertiary/aromatic N) is 4. The van der Waals surface area contributed by atoms with Gasteiger partial charge in [0.2, 0.25) is 0 Å². The van der Waals surface area contributed by atoms with Crippen LogP contribution in [0.2, 0.25) is 0 Å². The molecule has 3 aromatic rings. The molecule has 0 atom stereocenters. The van der Waals surface area contributed by atoms with E-state index in [-0.39, 0.29) is 16.7 Å². The van der Waals surface area contributed by atoms with E-state index in [1.807, 2.05) is 0 Å². The predicted molar refractivity (Wildman–Crippen MR) is 101 cm³/mol. The average molecular weight is 440 g/mol. The Bertz CT molecular complexity index is 1200. The van der Waals surface area contributed by atoms with Gasteiger partial charge in [0, 0.05) is 19.2 Å². The number of aryl methyl sites for hydroxylation is 1. The maximum atomic E-state index is 14.6. The minimum Gasteiger partial charge on any atom is -0.503 e. The van der Waals surface area contributed by atoms with E-state index in [1.165, 1.54) is 4.68 Å². The Morgan fingerprint density at radius 3 is 2.58 bits per heavy atom. The number of rotatable bonds is 2. The number of anilines is 1. The van der Waals surface area contributed by atoms with Gasteiger partial charge in [-0.1, -0.05) is 0 Å². The third-order valence-electron chi connectivity index (χ3n) is 5.96. The number of pyridine rings is 1. The molecule has 1 saturated heterocycles. The second-order valence-corrected chi connectivity index (χ2v) is 7.91. The number of ether oxygens (including phenoxy) is 1. The Hall–Kier alpha value is -2.95. The van der Waals surface area contributed by atoms with Crippen LogP contribution in [-0.4, -0.2) is 45.2 Å². The van der Waals surface area contributed by atoms with Crippen molar-refractivity contribution in [3.8, 4) is 17.0 Å². The van der Waals surface area contributed by atoms with Crippen LogP contribution in [0.1, 0.15) is 18.4 Å². The number of fused-ring (bicyclic) bond motifs is 1. The third-order valence-corrected chi connectivity index (χ3v) is 5.96. The number of benzene rings is 1. The SMILES string of the molecule is Cn1nc(-c2cc(C(F)(F)F)c(F)c(O)c2F)c2ncc(N3CCOCC34CC4)cc21. The van der Waals surface area contributed by atoms with Gasteiger partial charge in [-0.3, -0.25) is 9.67 Å². The highest BCUT2D eigenvalue weighted by atomic mass is 19.4. The smallest absolute Gasteiger partial charge is 0.419 e. The van der Waals surface area contributed by atoms with Crippen molar-refractivity contribution in [2.45, 2.75) is 24.6 Å². The second kappa shape index (κ2) is 6.52. The van der Waals surface area contributed by atoms with Gasteiger partial charge in [-0.2, -0.15) is 18.3 Å². The molecule has 2 fully saturated rings. The van der Waals surface area contributed by atoms with Gasteiger partial charge < -0.3 is 14.7 Å². The zero-order valence-corrected chi connectivity index (χ0v) is 16.3. The standard InChI is InChI=1S/C20H17F5N4O2/c1-28-13-6-10(29-4-5-31-9-19(29)2-3-19)8-26-17(13)16(27-28)11-7-12(20(23,24)25)15(22)18(30)14(11)21/h6-8,30H,2-5,9H2,1H3. The molecule has 11 heteroatoms. The van der Waals surface area contributed by atoms with Crippen molar-refractivity contribution in [3.63, 3.8) is 0 Å². The molecule has 1 aromatic carbocycles. The third kappa shape index (κ3) is 3.01. The molecule has 1 aliphatic carbocycles. The zero-order chi connectivity index (χ0) is 22.1. The van der Waals surface area contributed by atoms with Gasteiger partial charge in [-0.25, -0.2) is 8.78 Å². The Morgan fingerprint density at radius 2 is 1.90 bits per heavy atom. The number of hydrogen-bond acceptors (Lipinski definition) is 5. The van der Waals surface area contributed by atoms with Crippen LogP contribution >= 0.6 is 0 Å². The van der Waals surface area contributed by atoms with E-state index in [4.69, 9.17) is 4.74 Å². The molecular formula is C20H17F5N4O2. The van der Waals surface area contributed by atoms with Gasteiger partial charge in [0.25, 0.3) is 0 Å². The van der Waals surface area contributed by atoms with E-state index in [1.54, 1.807) is 19.3 Å². The van der Waals surface area contributed by atoms with E-state index >= 15 is 0 Å².